The van der Waals surface area contributed by atoms with Gasteiger partial charge in [0.05, 0.1) is 13.2 Å². The average molecular weight is 222 g/mol. The maximum absolute atomic E-state index is 11.5. The van der Waals surface area contributed by atoms with Crippen LogP contribution in [0, 0.1) is 0 Å². The number of ketones is 1. The lowest BCUT2D eigenvalue weighted by Gasteiger charge is -2.04. The fourth-order valence-electron chi connectivity index (χ4n) is 1.32. The summed E-state index contributed by atoms with van der Waals surface area (Å²) < 4.78 is 10.3. The molecule has 0 spiro atoms. The van der Waals surface area contributed by atoms with E-state index >= 15 is 0 Å². The van der Waals surface area contributed by atoms with Crippen molar-refractivity contribution in [3.05, 3.63) is 35.9 Å². The van der Waals surface area contributed by atoms with E-state index in [0.717, 1.165) is 5.56 Å². The van der Waals surface area contributed by atoms with Gasteiger partial charge in [-0.15, -0.1) is 0 Å². The Morgan fingerprint density at radius 3 is 2.50 bits per heavy atom. The van der Waals surface area contributed by atoms with Gasteiger partial charge < -0.3 is 9.47 Å². The molecular weight excluding hydrogens is 204 g/mol. The lowest BCUT2D eigenvalue weighted by Crippen LogP contribution is -2.14. The lowest BCUT2D eigenvalue weighted by molar-refractivity contribution is -0.123. The highest BCUT2D eigenvalue weighted by Gasteiger charge is 2.03. The van der Waals surface area contributed by atoms with Crippen LogP contribution in [0.15, 0.2) is 30.3 Å². The molecule has 0 N–H and O–H groups in total. The maximum atomic E-state index is 11.5. The summed E-state index contributed by atoms with van der Waals surface area (Å²) in [7, 11) is 0. The van der Waals surface area contributed by atoms with Crippen LogP contribution in [-0.2, 0) is 20.7 Å². The Morgan fingerprint density at radius 2 is 1.81 bits per heavy atom. The molecule has 3 nitrogen and oxygen atoms in total. The molecule has 0 aliphatic rings. The Labute approximate surface area is 96.4 Å². The van der Waals surface area contributed by atoms with E-state index in [-0.39, 0.29) is 12.4 Å². The molecular formula is C13H18O3. The van der Waals surface area contributed by atoms with Gasteiger partial charge in [0.1, 0.15) is 6.61 Å². The highest BCUT2D eigenvalue weighted by molar-refractivity contribution is 5.81. The average Bonchev–Trinajstić information content (AvgIpc) is 2.30. The van der Waals surface area contributed by atoms with Gasteiger partial charge in [-0.3, -0.25) is 4.79 Å². The second-order valence-corrected chi connectivity index (χ2v) is 3.45. The van der Waals surface area contributed by atoms with E-state index in [9.17, 15) is 4.79 Å². The van der Waals surface area contributed by atoms with Crippen molar-refractivity contribution in [2.24, 2.45) is 0 Å². The second kappa shape index (κ2) is 8.02. The summed E-state index contributed by atoms with van der Waals surface area (Å²) in [6.45, 7) is 3.81. The fraction of sp³-hybridized carbons (Fsp3) is 0.462. The molecule has 88 valence electrons. The van der Waals surface area contributed by atoms with E-state index in [1.807, 2.05) is 37.3 Å². The van der Waals surface area contributed by atoms with Crippen LogP contribution in [0.4, 0.5) is 0 Å². The van der Waals surface area contributed by atoms with Gasteiger partial charge >= 0.3 is 0 Å². The van der Waals surface area contributed by atoms with Crippen molar-refractivity contribution >= 4 is 5.78 Å². The first-order valence-corrected chi connectivity index (χ1v) is 5.54. The predicted molar refractivity (Wildman–Crippen MR) is 62.5 cm³/mol. The second-order valence-electron chi connectivity index (χ2n) is 3.45. The zero-order valence-corrected chi connectivity index (χ0v) is 9.65. The third-order valence-electron chi connectivity index (χ3n) is 2.08. The molecule has 1 rings (SSSR count). The predicted octanol–water partition coefficient (Wildman–Crippen LogP) is 1.85. The Kier molecular flexibility index (Phi) is 6.45. The van der Waals surface area contributed by atoms with Crippen molar-refractivity contribution in [1.82, 2.24) is 0 Å². The molecule has 0 unspecified atom stereocenters. The van der Waals surface area contributed by atoms with E-state index in [0.29, 0.717) is 26.2 Å². The van der Waals surface area contributed by atoms with E-state index in [2.05, 4.69) is 0 Å². The van der Waals surface area contributed by atoms with Crippen LogP contribution in [0.25, 0.3) is 0 Å². The van der Waals surface area contributed by atoms with Crippen molar-refractivity contribution in [2.45, 2.75) is 13.3 Å². The van der Waals surface area contributed by atoms with Crippen LogP contribution >= 0.6 is 0 Å². The summed E-state index contributed by atoms with van der Waals surface area (Å²) in [5, 5.41) is 0. The normalized spacial score (nSPS) is 10.3. The van der Waals surface area contributed by atoms with Gasteiger partial charge in [0.2, 0.25) is 0 Å². The minimum absolute atomic E-state index is 0.0997. The van der Waals surface area contributed by atoms with Gasteiger partial charge in [-0.2, -0.15) is 0 Å². The molecule has 1 aromatic carbocycles. The first kappa shape index (κ1) is 12.9. The fourth-order valence-corrected chi connectivity index (χ4v) is 1.32. The summed E-state index contributed by atoms with van der Waals surface area (Å²) >= 11 is 0. The van der Waals surface area contributed by atoms with Crippen LogP contribution in [0.2, 0.25) is 0 Å². The minimum atomic E-state index is 0.0997. The SMILES string of the molecule is CCOCCOCC(=O)Cc1ccccc1. The van der Waals surface area contributed by atoms with Crippen molar-refractivity contribution in [2.75, 3.05) is 26.4 Å². The van der Waals surface area contributed by atoms with Gasteiger partial charge in [-0.05, 0) is 12.5 Å². The Morgan fingerprint density at radius 1 is 1.12 bits per heavy atom. The number of ether oxygens (including phenoxy) is 2. The van der Waals surface area contributed by atoms with Gasteiger partial charge in [-0.1, -0.05) is 30.3 Å². The molecule has 1 aromatic rings. The molecule has 0 amide bonds. The zero-order chi connectivity index (χ0) is 11.6. The number of carbonyl (C=O) groups excluding carboxylic acids is 1. The molecule has 0 aliphatic heterocycles. The van der Waals surface area contributed by atoms with E-state index in [1.54, 1.807) is 0 Å². The van der Waals surface area contributed by atoms with Crippen LogP contribution in [0.1, 0.15) is 12.5 Å². The molecule has 0 saturated heterocycles. The van der Waals surface area contributed by atoms with E-state index in [1.165, 1.54) is 0 Å². The summed E-state index contributed by atoms with van der Waals surface area (Å²) in [4.78, 5) is 11.5. The Balaban J connectivity index is 2.12. The van der Waals surface area contributed by atoms with Gasteiger partial charge in [0.15, 0.2) is 5.78 Å². The molecule has 16 heavy (non-hydrogen) atoms. The summed E-state index contributed by atoms with van der Waals surface area (Å²) in [6.07, 6.45) is 0.440. The third kappa shape index (κ3) is 5.63. The van der Waals surface area contributed by atoms with Crippen molar-refractivity contribution in [1.29, 1.82) is 0 Å². The molecule has 0 bridgehead atoms. The van der Waals surface area contributed by atoms with Gasteiger partial charge in [-0.25, -0.2) is 0 Å². The molecule has 0 fully saturated rings. The number of hydrogen-bond acceptors (Lipinski definition) is 3. The van der Waals surface area contributed by atoms with Gasteiger partial charge in [0.25, 0.3) is 0 Å². The monoisotopic (exact) mass is 222 g/mol. The molecule has 0 aromatic heterocycles. The summed E-state index contributed by atoms with van der Waals surface area (Å²) in [6, 6.07) is 9.68. The number of hydrogen-bond donors (Lipinski definition) is 0. The van der Waals surface area contributed by atoms with Crippen LogP contribution in [-0.4, -0.2) is 32.2 Å². The molecule has 0 saturated carbocycles. The lowest BCUT2D eigenvalue weighted by atomic mass is 10.1. The highest BCUT2D eigenvalue weighted by atomic mass is 16.5. The topological polar surface area (TPSA) is 35.5 Å². The highest BCUT2D eigenvalue weighted by Crippen LogP contribution is 2.00. The van der Waals surface area contributed by atoms with Crippen LogP contribution in [0.5, 0.6) is 0 Å². The van der Waals surface area contributed by atoms with Crippen LogP contribution in [0.3, 0.4) is 0 Å². The van der Waals surface area contributed by atoms with Gasteiger partial charge in [0, 0.05) is 13.0 Å². The zero-order valence-electron chi connectivity index (χ0n) is 9.65. The quantitative estimate of drug-likeness (QED) is 0.630. The van der Waals surface area contributed by atoms with Crippen molar-refractivity contribution in [3.8, 4) is 0 Å². The van der Waals surface area contributed by atoms with Crippen LogP contribution < -0.4 is 0 Å². The van der Waals surface area contributed by atoms with E-state index in [4.69, 9.17) is 9.47 Å². The number of Topliss-reactive ketones (excluding diaryl/α,β-unsaturated/α-hetero) is 1. The molecule has 0 radical (unpaired) electrons. The summed E-state index contributed by atoms with van der Waals surface area (Å²) in [5.74, 6) is 0.0997. The Bertz CT molecular complexity index is 295. The standard InChI is InChI=1S/C13H18O3/c1-2-15-8-9-16-11-13(14)10-12-6-4-3-5-7-12/h3-7H,2,8-11H2,1H3. The molecule has 0 heterocycles. The summed E-state index contributed by atoms with van der Waals surface area (Å²) in [5.41, 5.74) is 1.03. The first-order chi connectivity index (χ1) is 7.83. The third-order valence-corrected chi connectivity index (χ3v) is 2.08. The van der Waals surface area contributed by atoms with Crippen molar-refractivity contribution in [3.63, 3.8) is 0 Å². The largest absolute Gasteiger partial charge is 0.379 e. The number of benzene rings is 1. The molecule has 0 atom stereocenters. The Hall–Kier alpha value is -1.19. The smallest absolute Gasteiger partial charge is 0.162 e. The number of carbonyl (C=O) groups is 1. The number of rotatable bonds is 8. The maximum Gasteiger partial charge on any atom is 0.162 e. The molecule has 0 aliphatic carbocycles. The molecule has 3 heteroatoms. The van der Waals surface area contributed by atoms with Crippen molar-refractivity contribution < 1.29 is 14.3 Å². The first-order valence-electron chi connectivity index (χ1n) is 5.54. The van der Waals surface area contributed by atoms with E-state index < -0.39 is 0 Å². The minimum Gasteiger partial charge on any atom is -0.379 e.